The Kier molecular flexibility index (Phi) is 7.96. The molecule has 0 radical (unpaired) electrons. The Hall–Kier alpha value is -2.66. The number of nitrogens with zero attached hydrogens (tertiary/aromatic N) is 4. The van der Waals surface area contributed by atoms with E-state index in [1.54, 1.807) is 12.1 Å². The molecule has 2 aliphatic rings. The number of aliphatic carboxylic acids is 1. The minimum atomic E-state index is -5.08. The van der Waals surface area contributed by atoms with Gasteiger partial charge in [-0.2, -0.15) is 13.2 Å². The van der Waals surface area contributed by atoms with Crippen LogP contribution in [0.25, 0.3) is 0 Å². The van der Waals surface area contributed by atoms with Crippen LogP contribution in [0, 0.1) is 11.2 Å². The molecule has 1 aromatic carbocycles. The van der Waals surface area contributed by atoms with E-state index in [2.05, 4.69) is 19.4 Å². The maximum absolute atomic E-state index is 13.7. The Balaban J connectivity index is 0.000000383. The van der Waals surface area contributed by atoms with E-state index < -0.39 is 12.1 Å². The zero-order valence-corrected chi connectivity index (χ0v) is 18.4. The Morgan fingerprint density at radius 1 is 1.27 bits per heavy atom. The van der Waals surface area contributed by atoms with Crippen LogP contribution < -0.4 is 4.90 Å². The number of imidazole rings is 1. The van der Waals surface area contributed by atoms with Crippen LogP contribution in [-0.2, 0) is 23.1 Å². The van der Waals surface area contributed by atoms with Gasteiger partial charge in [0.1, 0.15) is 11.6 Å². The van der Waals surface area contributed by atoms with Crippen LogP contribution >= 0.6 is 0 Å². The first-order valence-corrected chi connectivity index (χ1v) is 10.6. The summed E-state index contributed by atoms with van der Waals surface area (Å²) in [7, 11) is 2.04. The number of likely N-dealkylation sites (tertiary alicyclic amines) is 1. The molecular weight excluding hydrogens is 444 g/mol. The highest BCUT2D eigenvalue weighted by molar-refractivity contribution is 5.73. The number of carboxylic acids is 1. The van der Waals surface area contributed by atoms with Crippen molar-refractivity contribution in [1.29, 1.82) is 0 Å². The van der Waals surface area contributed by atoms with Crippen molar-refractivity contribution < 1.29 is 32.2 Å². The number of alkyl halides is 3. The van der Waals surface area contributed by atoms with Gasteiger partial charge in [0.2, 0.25) is 0 Å². The van der Waals surface area contributed by atoms with Crippen molar-refractivity contribution in [2.75, 3.05) is 44.3 Å². The highest BCUT2D eigenvalue weighted by Gasteiger charge is 2.39. The zero-order chi connectivity index (χ0) is 24.1. The number of piperidine rings is 1. The van der Waals surface area contributed by atoms with E-state index >= 15 is 0 Å². The molecule has 2 fully saturated rings. The monoisotopic (exact) mass is 472 g/mol. The van der Waals surface area contributed by atoms with Crippen molar-refractivity contribution in [3.05, 3.63) is 48.3 Å². The Morgan fingerprint density at radius 2 is 2.03 bits per heavy atom. The summed E-state index contributed by atoms with van der Waals surface area (Å²) in [4.78, 5) is 18.2. The van der Waals surface area contributed by atoms with E-state index in [1.807, 2.05) is 25.5 Å². The first kappa shape index (κ1) is 25.0. The number of benzene rings is 1. The fourth-order valence-corrected chi connectivity index (χ4v) is 4.33. The van der Waals surface area contributed by atoms with Gasteiger partial charge in [0.05, 0.1) is 19.8 Å². The first-order chi connectivity index (χ1) is 15.6. The van der Waals surface area contributed by atoms with E-state index in [9.17, 15) is 17.6 Å². The molecule has 2 aliphatic heterocycles. The van der Waals surface area contributed by atoms with Crippen LogP contribution in [0.3, 0.4) is 0 Å². The molecule has 2 saturated heterocycles. The van der Waals surface area contributed by atoms with Crippen molar-refractivity contribution >= 4 is 11.7 Å². The molecule has 1 spiro atoms. The molecule has 1 N–H and O–H groups in total. The number of hydrogen-bond acceptors (Lipinski definition) is 5. The summed E-state index contributed by atoms with van der Waals surface area (Å²) >= 11 is 0. The van der Waals surface area contributed by atoms with Crippen LogP contribution in [-0.4, -0.2) is 71.1 Å². The summed E-state index contributed by atoms with van der Waals surface area (Å²) in [6, 6.07) is 6.92. The average molecular weight is 472 g/mol. The molecule has 4 rings (SSSR count). The SMILES string of the molecule is Cn1ccnc1CN1CCCC2(COCCN(c3cccc(F)c3)C2)C1.O=C(O)C(F)(F)F. The summed E-state index contributed by atoms with van der Waals surface area (Å²) in [5.41, 5.74) is 1.04. The number of halogens is 4. The molecule has 7 nitrogen and oxygen atoms in total. The summed E-state index contributed by atoms with van der Waals surface area (Å²) in [6.45, 7) is 6.14. The molecule has 0 bridgehead atoms. The molecule has 1 unspecified atom stereocenters. The van der Waals surface area contributed by atoms with E-state index in [-0.39, 0.29) is 11.2 Å². The smallest absolute Gasteiger partial charge is 0.475 e. The van der Waals surface area contributed by atoms with Gasteiger partial charge in [0.15, 0.2) is 0 Å². The van der Waals surface area contributed by atoms with Gasteiger partial charge in [0.25, 0.3) is 0 Å². The predicted octanol–water partition coefficient (Wildman–Crippen LogP) is 3.31. The Morgan fingerprint density at radius 3 is 2.67 bits per heavy atom. The van der Waals surface area contributed by atoms with E-state index in [4.69, 9.17) is 14.6 Å². The number of rotatable bonds is 3. The zero-order valence-electron chi connectivity index (χ0n) is 18.4. The average Bonchev–Trinajstić information content (AvgIpc) is 3.03. The van der Waals surface area contributed by atoms with Crippen LogP contribution in [0.4, 0.5) is 23.2 Å². The summed E-state index contributed by atoms with van der Waals surface area (Å²) in [5, 5.41) is 7.12. The number of carbonyl (C=O) groups is 1. The third kappa shape index (κ3) is 6.91. The number of hydrogen-bond donors (Lipinski definition) is 1. The van der Waals surface area contributed by atoms with Crippen molar-refractivity contribution in [2.24, 2.45) is 12.5 Å². The highest BCUT2D eigenvalue weighted by Crippen LogP contribution is 2.35. The summed E-state index contributed by atoms with van der Waals surface area (Å²) in [6.07, 6.45) is 1.08. The standard InChI is InChI=1S/C20H27FN4O.C2HF3O2/c1-23-9-7-22-19(23)13-24-8-3-6-20(14-24)15-25(10-11-26-16-20)18-5-2-4-17(21)12-18;3-2(4,5)1(6)7/h2,4-5,7,9,12H,3,6,8,10-11,13-16H2,1H3;(H,6,7). The summed E-state index contributed by atoms with van der Waals surface area (Å²) < 4.78 is 53.5. The molecule has 3 heterocycles. The Labute approximate surface area is 189 Å². The molecule has 0 saturated carbocycles. The lowest BCUT2D eigenvalue weighted by atomic mass is 9.80. The molecule has 33 heavy (non-hydrogen) atoms. The van der Waals surface area contributed by atoms with Gasteiger partial charge in [-0.15, -0.1) is 0 Å². The van der Waals surface area contributed by atoms with E-state index in [0.29, 0.717) is 6.61 Å². The molecule has 11 heteroatoms. The lowest BCUT2D eigenvalue weighted by Gasteiger charge is -2.44. The van der Waals surface area contributed by atoms with Crippen molar-refractivity contribution in [3.8, 4) is 0 Å². The van der Waals surface area contributed by atoms with Crippen molar-refractivity contribution in [2.45, 2.75) is 25.6 Å². The first-order valence-electron chi connectivity index (χ1n) is 10.6. The molecule has 1 atom stereocenters. The predicted molar refractivity (Wildman–Crippen MR) is 113 cm³/mol. The number of carboxylic acid groups (broad SMARTS) is 1. The van der Waals surface area contributed by atoms with Gasteiger partial charge in [0, 0.05) is 50.2 Å². The third-order valence-corrected chi connectivity index (χ3v) is 5.88. The van der Waals surface area contributed by atoms with Crippen molar-refractivity contribution in [3.63, 3.8) is 0 Å². The van der Waals surface area contributed by atoms with Crippen molar-refractivity contribution in [1.82, 2.24) is 14.5 Å². The maximum Gasteiger partial charge on any atom is 0.490 e. The van der Waals surface area contributed by atoms with Gasteiger partial charge < -0.3 is 19.3 Å². The van der Waals surface area contributed by atoms with E-state index in [0.717, 1.165) is 63.7 Å². The fourth-order valence-electron chi connectivity index (χ4n) is 4.33. The molecule has 0 aliphatic carbocycles. The molecule has 2 aromatic rings. The normalized spacial score (nSPS) is 21.9. The number of aromatic nitrogens is 2. The lowest BCUT2D eigenvalue weighted by molar-refractivity contribution is -0.192. The molecule has 0 amide bonds. The van der Waals surface area contributed by atoms with Gasteiger partial charge in [-0.05, 0) is 37.6 Å². The van der Waals surface area contributed by atoms with E-state index in [1.165, 1.54) is 6.07 Å². The van der Waals surface area contributed by atoms with Crippen LogP contribution in [0.15, 0.2) is 36.7 Å². The number of anilines is 1. The largest absolute Gasteiger partial charge is 0.490 e. The van der Waals surface area contributed by atoms with Crippen LogP contribution in [0.2, 0.25) is 0 Å². The van der Waals surface area contributed by atoms with Crippen LogP contribution in [0.5, 0.6) is 0 Å². The second kappa shape index (κ2) is 10.5. The van der Waals surface area contributed by atoms with Gasteiger partial charge in [-0.3, -0.25) is 4.90 Å². The highest BCUT2D eigenvalue weighted by atomic mass is 19.4. The lowest BCUT2D eigenvalue weighted by Crippen LogP contribution is -2.50. The second-order valence-electron chi connectivity index (χ2n) is 8.53. The fraction of sp³-hybridized carbons (Fsp3) is 0.545. The number of ether oxygens (including phenoxy) is 1. The molecule has 182 valence electrons. The van der Waals surface area contributed by atoms with Gasteiger partial charge >= 0.3 is 12.1 Å². The Bertz CT molecular complexity index is 936. The minimum absolute atomic E-state index is 0.0895. The van der Waals surface area contributed by atoms with Crippen LogP contribution in [0.1, 0.15) is 18.7 Å². The molecular formula is C22H28F4N4O3. The second-order valence-corrected chi connectivity index (χ2v) is 8.53. The maximum atomic E-state index is 13.7. The topological polar surface area (TPSA) is 70.8 Å². The minimum Gasteiger partial charge on any atom is -0.475 e. The quantitative estimate of drug-likeness (QED) is 0.692. The number of aryl methyl sites for hydroxylation is 1. The van der Waals surface area contributed by atoms with Gasteiger partial charge in [-0.25, -0.2) is 14.2 Å². The molecule has 1 aromatic heterocycles. The summed E-state index contributed by atoms with van der Waals surface area (Å²) in [5.74, 6) is -1.84. The third-order valence-electron chi connectivity index (χ3n) is 5.88. The van der Waals surface area contributed by atoms with Gasteiger partial charge in [-0.1, -0.05) is 6.07 Å².